The molecule has 2 amide bonds. The average molecular weight is 331 g/mol. The number of benzene rings is 1. The van der Waals surface area contributed by atoms with E-state index in [9.17, 15) is 9.59 Å². The van der Waals surface area contributed by atoms with Gasteiger partial charge in [-0.25, -0.2) is 0 Å². The minimum Gasteiger partial charge on any atom is -0.347 e. The second-order valence-electron chi connectivity index (χ2n) is 5.78. The highest BCUT2D eigenvalue weighted by Gasteiger charge is 2.34. The number of nitriles is 1. The Balaban J connectivity index is 1.84. The second-order valence-corrected chi connectivity index (χ2v) is 6.76. The van der Waals surface area contributed by atoms with E-state index in [4.69, 9.17) is 5.26 Å². The predicted octanol–water partition coefficient (Wildman–Crippen LogP) is 1.87. The van der Waals surface area contributed by atoms with Crippen molar-refractivity contribution in [2.75, 3.05) is 26.4 Å². The van der Waals surface area contributed by atoms with Crippen LogP contribution in [-0.2, 0) is 15.3 Å². The molecule has 1 aromatic rings. The van der Waals surface area contributed by atoms with Crippen molar-refractivity contribution in [3.63, 3.8) is 0 Å². The molecule has 0 N–H and O–H groups in total. The molecule has 23 heavy (non-hydrogen) atoms. The van der Waals surface area contributed by atoms with Crippen LogP contribution >= 0.6 is 11.8 Å². The monoisotopic (exact) mass is 331 g/mol. The Morgan fingerprint density at radius 1 is 1.35 bits per heavy atom. The molecule has 0 aromatic heterocycles. The third-order valence-electron chi connectivity index (χ3n) is 3.88. The maximum atomic E-state index is 12.4. The van der Waals surface area contributed by atoms with Gasteiger partial charge in [0.2, 0.25) is 11.8 Å². The zero-order valence-electron chi connectivity index (χ0n) is 13.5. The molecule has 1 heterocycles. The normalized spacial score (nSPS) is 16.9. The van der Waals surface area contributed by atoms with E-state index in [-0.39, 0.29) is 17.9 Å². The van der Waals surface area contributed by atoms with Crippen LogP contribution in [-0.4, -0.2) is 54.0 Å². The molecular weight excluding hydrogens is 310 g/mol. The smallest absolute Gasteiger partial charge is 0.244 e. The molecule has 0 radical (unpaired) electrons. The van der Waals surface area contributed by atoms with E-state index in [2.05, 4.69) is 6.07 Å². The molecule has 2 rings (SSSR count). The predicted molar refractivity (Wildman–Crippen MR) is 90.7 cm³/mol. The van der Waals surface area contributed by atoms with Crippen LogP contribution in [0.25, 0.3) is 0 Å². The zero-order chi connectivity index (χ0) is 16.8. The number of likely N-dealkylation sites (N-methyl/N-ethyl adjacent to an activating group) is 1. The molecule has 1 atom stereocenters. The summed E-state index contributed by atoms with van der Waals surface area (Å²) in [5, 5.41) is 8.77. The van der Waals surface area contributed by atoms with Gasteiger partial charge < -0.3 is 9.80 Å². The van der Waals surface area contributed by atoms with Crippen LogP contribution in [0.1, 0.15) is 24.0 Å². The topological polar surface area (TPSA) is 64.4 Å². The summed E-state index contributed by atoms with van der Waals surface area (Å²) in [6.07, 6.45) is 1.64. The van der Waals surface area contributed by atoms with Gasteiger partial charge in [0.25, 0.3) is 0 Å². The lowest BCUT2D eigenvalue weighted by Crippen LogP contribution is -2.46. The molecule has 0 bridgehead atoms. The Kier molecular flexibility index (Phi) is 6.05. The van der Waals surface area contributed by atoms with E-state index in [1.807, 2.05) is 12.1 Å². The van der Waals surface area contributed by atoms with E-state index in [0.29, 0.717) is 17.9 Å². The average Bonchev–Trinajstić information content (AvgIpc) is 3.04. The largest absolute Gasteiger partial charge is 0.347 e. The summed E-state index contributed by atoms with van der Waals surface area (Å²) in [5.74, 6) is 1.13. The third-order valence-corrected chi connectivity index (χ3v) is 4.86. The fourth-order valence-corrected chi connectivity index (χ4v) is 3.51. The van der Waals surface area contributed by atoms with Crippen molar-refractivity contribution in [1.29, 1.82) is 5.26 Å². The van der Waals surface area contributed by atoms with Crippen molar-refractivity contribution in [2.45, 2.75) is 24.6 Å². The van der Waals surface area contributed by atoms with E-state index < -0.39 is 0 Å². The molecule has 1 aromatic carbocycles. The fourth-order valence-electron chi connectivity index (χ4n) is 2.63. The lowest BCUT2D eigenvalue weighted by atomic mass is 10.2. The van der Waals surface area contributed by atoms with Crippen molar-refractivity contribution in [3.05, 3.63) is 35.4 Å². The molecular formula is C17H21N3O2S. The summed E-state index contributed by atoms with van der Waals surface area (Å²) in [6.45, 7) is 0.667. The quantitative estimate of drug-likeness (QED) is 0.826. The van der Waals surface area contributed by atoms with E-state index in [0.717, 1.165) is 24.2 Å². The Morgan fingerprint density at radius 2 is 2.04 bits per heavy atom. The van der Waals surface area contributed by atoms with Crippen molar-refractivity contribution in [3.8, 4) is 6.07 Å². The van der Waals surface area contributed by atoms with Crippen molar-refractivity contribution >= 4 is 23.6 Å². The molecule has 1 aliphatic rings. The van der Waals surface area contributed by atoms with E-state index in [1.165, 1.54) is 11.8 Å². The first-order valence-electron chi connectivity index (χ1n) is 7.60. The van der Waals surface area contributed by atoms with Crippen molar-refractivity contribution in [2.24, 2.45) is 0 Å². The Labute approximate surface area is 141 Å². The van der Waals surface area contributed by atoms with Crippen molar-refractivity contribution < 1.29 is 9.59 Å². The Bertz CT molecular complexity index is 607. The molecule has 122 valence electrons. The van der Waals surface area contributed by atoms with E-state index >= 15 is 0 Å². The number of carbonyl (C=O) groups is 2. The van der Waals surface area contributed by atoms with Gasteiger partial charge in [0.1, 0.15) is 6.04 Å². The van der Waals surface area contributed by atoms with Crippen LogP contribution in [0.2, 0.25) is 0 Å². The second kappa shape index (κ2) is 8.02. The van der Waals surface area contributed by atoms with Gasteiger partial charge in [-0.15, -0.1) is 11.8 Å². The Hall–Kier alpha value is -2.00. The molecule has 5 nitrogen and oxygen atoms in total. The summed E-state index contributed by atoms with van der Waals surface area (Å²) in [6, 6.07) is 9.17. The van der Waals surface area contributed by atoms with Crippen molar-refractivity contribution in [1.82, 2.24) is 9.80 Å². The summed E-state index contributed by atoms with van der Waals surface area (Å²) in [5.41, 5.74) is 1.72. The van der Waals surface area contributed by atoms with Gasteiger partial charge in [0, 0.05) is 26.4 Å². The third kappa shape index (κ3) is 4.49. The first-order valence-corrected chi connectivity index (χ1v) is 8.76. The number of hydrogen-bond donors (Lipinski definition) is 0. The molecule has 1 aliphatic heterocycles. The first kappa shape index (κ1) is 17.4. The van der Waals surface area contributed by atoms with Gasteiger partial charge >= 0.3 is 0 Å². The Morgan fingerprint density at radius 3 is 2.65 bits per heavy atom. The van der Waals surface area contributed by atoms with Gasteiger partial charge in [0.05, 0.1) is 17.4 Å². The number of nitrogens with zero attached hydrogens (tertiary/aromatic N) is 3. The number of carbonyl (C=O) groups excluding carboxylic acids is 2. The minimum absolute atomic E-state index is 0.00735. The van der Waals surface area contributed by atoms with Crippen LogP contribution in [0.4, 0.5) is 0 Å². The fraction of sp³-hybridized carbons (Fsp3) is 0.471. The number of amides is 2. The molecule has 1 saturated heterocycles. The molecule has 1 fully saturated rings. The summed E-state index contributed by atoms with van der Waals surface area (Å²) >= 11 is 1.54. The number of likely N-dealkylation sites (tertiary alicyclic amines) is 1. The first-order chi connectivity index (χ1) is 11.0. The number of thioether (sulfide) groups is 1. The van der Waals surface area contributed by atoms with Gasteiger partial charge in [-0.3, -0.25) is 9.59 Å². The lowest BCUT2D eigenvalue weighted by Gasteiger charge is -2.26. The molecule has 0 unspecified atom stereocenters. The lowest BCUT2D eigenvalue weighted by molar-refractivity contribution is -0.140. The van der Waals surface area contributed by atoms with E-state index in [1.54, 1.807) is 36.0 Å². The summed E-state index contributed by atoms with van der Waals surface area (Å²) < 4.78 is 0. The minimum atomic E-state index is -0.298. The van der Waals surface area contributed by atoms with Crippen LogP contribution in [0, 0.1) is 11.3 Å². The maximum absolute atomic E-state index is 12.4. The van der Waals surface area contributed by atoms with Crippen LogP contribution in [0.5, 0.6) is 0 Å². The number of hydrogen-bond acceptors (Lipinski definition) is 4. The highest BCUT2D eigenvalue weighted by Crippen LogP contribution is 2.21. The van der Waals surface area contributed by atoms with Gasteiger partial charge in [-0.05, 0) is 30.5 Å². The molecule has 0 saturated carbocycles. The standard InChI is InChI=1S/C17H21N3O2S/c1-19(2)17(22)15-4-3-9-20(15)16(21)12-23-11-14-7-5-13(10-18)6-8-14/h5-8,15H,3-4,9,11-12H2,1-2H3/t15-/m0/s1. The SMILES string of the molecule is CN(C)C(=O)[C@@H]1CCCN1C(=O)CSCc1ccc(C#N)cc1. The summed E-state index contributed by atoms with van der Waals surface area (Å²) in [4.78, 5) is 27.8. The van der Waals surface area contributed by atoms with Crippen LogP contribution in [0.15, 0.2) is 24.3 Å². The molecule has 0 spiro atoms. The zero-order valence-corrected chi connectivity index (χ0v) is 14.3. The summed E-state index contributed by atoms with van der Waals surface area (Å²) in [7, 11) is 3.45. The highest BCUT2D eigenvalue weighted by atomic mass is 32.2. The van der Waals surface area contributed by atoms with Gasteiger partial charge in [-0.1, -0.05) is 12.1 Å². The molecule has 0 aliphatic carbocycles. The van der Waals surface area contributed by atoms with Crippen LogP contribution in [0.3, 0.4) is 0 Å². The van der Waals surface area contributed by atoms with Crippen LogP contribution < -0.4 is 0 Å². The van der Waals surface area contributed by atoms with Gasteiger partial charge in [-0.2, -0.15) is 5.26 Å². The maximum Gasteiger partial charge on any atom is 0.244 e. The van der Waals surface area contributed by atoms with Gasteiger partial charge in [0.15, 0.2) is 0 Å². The number of rotatable bonds is 5. The molecule has 6 heteroatoms. The highest BCUT2D eigenvalue weighted by molar-refractivity contribution is 7.99.